The third kappa shape index (κ3) is 2.53. The average molecular weight is 285 g/mol. The average Bonchev–Trinajstić information content (AvgIpc) is 2.97. The van der Waals surface area contributed by atoms with Crippen molar-refractivity contribution >= 4 is 28.6 Å². The number of nitrogens with zero attached hydrogens (tertiary/aromatic N) is 1. The van der Waals surface area contributed by atoms with Crippen LogP contribution >= 0.6 is 11.8 Å². The molecule has 1 aromatic carbocycles. The zero-order valence-corrected chi connectivity index (χ0v) is 11.3. The summed E-state index contributed by atoms with van der Waals surface area (Å²) in [5.74, 6) is 0.647. The maximum atomic E-state index is 11.1. The molecule has 2 heterocycles. The van der Waals surface area contributed by atoms with Crippen molar-refractivity contribution in [1.82, 2.24) is 4.98 Å². The first-order chi connectivity index (χ1) is 9.74. The lowest BCUT2D eigenvalue weighted by Gasteiger charge is -2.04. The van der Waals surface area contributed by atoms with Crippen LogP contribution in [0.3, 0.4) is 0 Å². The van der Waals surface area contributed by atoms with Gasteiger partial charge in [0.1, 0.15) is 5.76 Å². The number of rotatable bonds is 4. The van der Waals surface area contributed by atoms with Crippen LogP contribution in [0.5, 0.6) is 0 Å². The van der Waals surface area contributed by atoms with Gasteiger partial charge in [0, 0.05) is 5.39 Å². The predicted octanol–water partition coefficient (Wildman–Crippen LogP) is 3.82. The van der Waals surface area contributed by atoms with E-state index in [-0.39, 0.29) is 5.56 Å². The molecule has 2 aromatic heterocycles. The SMILES string of the molecule is O=C(O)c1cccc2nc(SCc3ccco3)ccc12. The van der Waals surface area contributed by atoms with Gasteiger partial charge >= 0.3 is 5.97 Å². The van der Waals surface area contributed by atoms with E-state index in [0.29, 0.717) is 16.7 Å². The molecule has 0 spiro atoms. The second-order valence-electron chi connectivity index (χ2n) is 4.19. The fourth-order valence-corrected chi connectivity index (χ4v) is 2.72. The molecular formula is C15H11NO3S. The summed E-state index contributed by atoms with van der Waals surface area (Å²) in [6.07, 6.45) is 1.64. The Labute approximate surface area is 119 Å². The molecule has 0 unspecified atom stereocenters. The molecule has 0 saturated heterocycles. The highest BCUT2D eigenvalue weighted by Gasteiger charge is 2.09. The minimum atomic E-state index is -0.937. The second kappa shape index (κ2) is 5.38. The zero-order valence-electron chi connectivity index (χ0n) is 10.4. The molecule has 0 saturated carbocycles. The number of carboxylic acids is 1. The van der Waals surface area contributed by atoms with Gasteiger partial charge in [0.25, 0.3) is 0 Å². The number of hydrogen-bond donors (Lipinski definition) is 1. The lowest BCUT2D eigenvalue weighted by atomic mass is 10.1. The van der Waals surface area contributed by atoms with Gasteiger partial charge in [-0.15, -0.1) is 0 Å². The first-order valence-corrected chi connectivity index (χ1v) is 7.01. The Morgan fingerprint density at radius 2 is 2.10 bits per heavy atom. The van der Waals surface area contributed by atoms with Crippen molar-refractivity contribution in [1.29, 1.82) is 0 Å². The molecule has 0 aliphatic carbocycles. The number of benzene rings is 1. The van der Waals surface area contributed by atoms with Crippen molar-refractivity contribution < 1.29 is 14.3 Å². The van der Waals surface area contributed by atoms with Gasteiger partial charge in [0.2, 0.25) is 0 Å². The lowest BCUT2D eigenvalue weighted by Crippen LogP contribution is -1.98. The number of hydrogen-bond acceptors (Lipinski definition) is 4. The van der Waals surface area contributed by atoms with Gasteiger partial charge in [-0.1, -0.05) is 17.8 Å². The monoisotopic (exact) mass is 285 g/mol. The van der Waals surface area contributed by atoms with E-state index in [0.717, 1.165) is 10.8 Å². The molecule has 0 atom stereocenters. The summed E-state index contributed by atoms with van der Waals surface area (Å²) in [6, 6.07) is 12.5. The topological polar surface area (TPSA) is 63.3 Å². The summed E-state index contributed by atoms with van der Waals surface area (Å²) >= 11 is 1.55. The fourth-order valence-electron chi connectivity index (χ4n) is 1.94. The van der Waals surface area contributed by atoms with Crippen molar-refractivity contribution in [3.8, 4) is 0 Å². The molecule has 0 radical (unpaired) electrons. The Bertz CT molecular complexity index is 753. The molecule has 5 heteroatoms. The zero-order chi connectivity index (χ0) is 13.9. The van der Waals surface area contributed by atoms with E-state index in [9.17, 15) is 4.79 Å². The van der Waals surface area contributed by atoms with Gasteiger partial charge in [-0.05, 0) is 36.4 Å². The van der Waals surface area contributed by atoms with E-state index in [4.69, 9.17) is 9.52 Å². The van der Waals surface area contributed by atoms with E-state index >= 15 is 0 Å². The number of carbonyl (C=O) groups is 1. The Kier molecular flexibility index (Phi) is 3.43. The van der Waals surface area contributed by atoms with Crippen molar-refractivity contribution in [2.75, 3.05) is 0 Å². The fraction of sp³-hybridized carbons (Fsp3) is 0.0667. The number of aromatic nitrogens is 1. The number of thioether (sulfide) groups is 1. The van der Waals surface area contributed by atoms with Crippen molar-refractivity contribution in [3.05, 3.63) is 60.1 Å². The molecule has 3 aromatic rings. The van der Waals surface area contributed by atoms with Crippen LogP contribution in [0.4, 0.5) is 0 Å². The first kappa shape index (κ1) is 12.7. The van der Waals surface area contributed by atoms with Gasteiger partial charge in [-0.3, -0.25) is 0 Å². The smallest absolute Gasteiger partial charge is 0.336 e. The molecule has 100 valence electrons. The van der Waals surface area contributed by atoms with Crippen molar-refractivity contribution in [2.45, 2.75) is 10.8 Å². The van der Waals surface area contributed by atoms with Gasteiger partial charge in [0.15, 0.2) is 0 Å². The van der Waals surface area contributed by atoms with E-state index < -0.39 is 5.97 Å². The van der Waals surface area contributed by atoms with Crippen molar-refractivity contribution in [2.24, 2.45) is 0 Å². The maximum Gasteiger partial charge on any atom is 0.336 e. The van der Waals surface area contributed by atoms with Crippen LogP contribution in [0.25, 0.3) is 10.9 Å². The first-order valence-electron chi connectivity index (χ1n) is 6.02. The molecular weight excluding hydrogens is 274 g/mol. The van der Waals surface area contributed by atoms with Crippen LogP contribution in [0.1, 0.15) is 16.1 Å². The van der Waals surface area contributed by atoms with Crippen molar-refractivity contribution in [3.63, 3.8) is 0 Å². The van der Waals surface area contributed by atoms with Crippen LogP contribution in [-0.4, -0.2) is 16.1 Å². The normalized spacial score (nSPS) is 10.8. The third-order valence-corrected chi connectivity index (χ3v) is 3.83. The van der Waals surface area contributed by atoms with Gasteiger partial charge in [0.05, 0.1) is 28.1 Å². The van der Waals surface area contributed by atoms with Gasteiger partial charge < -0.3 is 9.52 Å². The van der Waals surface area contributed by atoms with E-state index in [1.54, 1.807) is 36.2 Å². The molecule has 3 rings (SSSR count). The summed E-state index contributed by atoms with van der Waals surface area (Å²) in [7, 11) is 0. The number of furan rings is 1. The van der Waals surface area contributed by atoms with Crippen LogP contribution in [0, 0.1) is 0 Å². The van der Waals surface area contributed by atoms with Crippen LogP contribution in [-0.2, 0) is 5.75 Å². The van der Waals surface area contributed by atoms with E-state index in [1.807, 2.05) is 24.3 Å². The maximum absolute atomic E-state index is 11.1. The predicted molar refractivity (Wildman–Crippen MR) is 77.0 cm³/mol. The molecule has 1 N–H and O–H groups in total. The van der Waals surface area contributed by atoms with Gasteiger partial charge in [-0.2, -0.15) is 0 Å². The van der Waals surface area contributed by atoms with Gasteiger partial charge in [-0.25, -0.2) is 9.78 Å². The summed E-state index contributed by atoms with van der Waals surface area (Å²) in [5.41, 5.74) is 0.965. The van der Waals surface area contributed by atoms with E-state index in [1.165, 1.54) is 0 Å². The third-order valence-electron chi connectivity index (χ3n) is 2.88. The molecule has 0 fully saturated rings. The summed E-state index contributed by atoms with van der Waals surface area (Å²) < 4.78 is 5.27. The number of aromatic carboxylic acids is 1. The Hall–Kier alpha value is -2.27. The highest BCUT2D eigenvalue weighted by molar-refractivity contribution is 7.98. The summed E-state index contributed by atoms with van der Waals surface area (Å²) in [5, 5.41) is 10.6. The minimum absolute atomic E-state index is 0.276. The lowest BCUT2D eigenvalue weighted by molar-refractivity contribution is 0.0699. The van der Waals surface area contributed by atoms with E-state index in [2.05, 4.69) is 4.98 Å². The number of carboxylic acid groups (broad SMARTS) is 1. The second-order valence-corrected chi connectivity index (χ2v) is 5.19. The van der Waals surface area contributed by atoms with Crippen LogP contribution in [0.15, 0.2) is 58.2 Å². The van der Waals surface area contributed by atoms with Crippen LogP contribution < -0.4 is 0 Å². The van der Waals surface area contributed by atoms with Crippen LogP contribution in [0.2, 0.25) is 0 Å². The largest absolute Gasteiger partial charge is 0.478 e. The highest BCUT2D eigenvalue weighted by atomic mass is 32.2. The standard InChI is InChI=1S/C15H11NO3S/c17-15(18)12-4-1-5-13-11(12)6-7-14(16-13)20-9-10-3-2-8-19-10/h1-8H,9H2,(H,17,18). The Morgan fingerprint density at radius 1 is 1.20 bits per heavy atom. The molecule has 20 heavy (non-hydrogen) atoms. The summed E-state index contributed by atoms with van der Waals surface area (Å²) in [6.45, 7) is 0. The molecule has 0 aliphatic rings. The number of pyridine rings is 1. The molecule has 4 nitrogen and oxygen atoms in total. The Morgan fingerprint density at radius 3 is 2.85 bits per heavy atom. The molecule has 0 bridgehead atoms. The molecule has 0 amide bonds. The minimum Gasteiger partial charge on any atom is -0.478 e. The number of fused-ring (bicyclic) bond motifs is 1. The summed E-state index contributed by atoms with van der Waals surface area (Å²) in [4.78, 5) is 15.6. The Balaban J connectivity index is 1.89. The highest BCUT2D eigenvalue weighted by Crippen LogP contribution is 2.25. The molecule has 0 aliphatic heterocycles. The quantitative estimate of drug-likeness (QED) is 0.738.